The molecule has 0 spiro atoms. The van der Waals surface area contributed by atoms with Crippen molar-refractivity contribution in [2.45, 2.75) is 126 Å². The Hall–Kier alpha value is -0.810. The quantitative estimate of drug-likeness (QED) is 0.335. The van der Waals surface area contributed by atoms with Gasteiger partial charge in [-0.2, -0.15) is 23.5 Å². The van der Waals surface area contributed by atoms with Gasteiger partial charge in [0.25, 0.3) is 0 Å². The molecule has 3 nitrogen and oxygen atoms in total. The first kappa shape index (κ1) is 27.8. The molecule has 0 aromatic heterocycles. The van der Waals surface area contributed by atoms with Crippen LogP contribution in [0.3, 0.4) is 0 Å². The van der Waals surface area contributed by atoms with E-state index < -0.39 is 11.9 Å². The van der Waals surface area contributed by atoms with Crippen LogP contribution in [0, 0.1) is 12.8 Å². The van der Waals surface area contributed by atoms with Gasteiger partial charge < -0.3 is 10.2 Å². The van der Waals surface area contributed by atoms with Crippen LogP contribution in [-0.4, -0.2) is 37.7 Å². The Morgan fingerprint density at radius 2 is 1.59 bits per heavy atom. The third-order valence-electron chi connectivity index (χ3n) is 7.62. The van der Waals surface area contributed by atoms with Crippen molar-refractivity contribution < 1.29 is 15.0 Å². The Morgan fingerprint density at radius 1 is 1.00 bits per heavy atom. The van der Waals surface area contributed by atoms with E-state index in [1.54, 1.807) is 0 Å². The fourth-order valence-corrected chi connectivity index (χ4v) is 8.87. The molecule has 5 heteroatoms. The second-order valence-electron chi connectivity index (χ2n) is 11.6. The van der Waals surface area contributed by atoms with E-state index >= 15 is 0 Å². The van der Waals surface area contributed by atoms with Crippen molar-refractivity contribution in [3.63, 3.8) is 0 Å². The van der Waals surface area contributed by atoms with E-state index in [0.29, 0.717) is 17.4 Å². The molecule has 0 heterocycles. The third-order valence-corrected chi connectivity index (χ3v) is 10.8. The maximum atomic E-state index is 12.6. The van der Waals surface area contributed by atoms with Gasteiger partial charge in [-0.05, 0) is 73.3 Å². The maximum absolute atomic E-state index is 12.6. The first-order valence-corrected chi connectivity index (χ1v) is 15.5. The van der Waals surface area contributed by atoms with Crippen molar-refractivity contribution in [1.82, 2.24) is 0 Å². The number of hydrogen-bond acceptors (Lipinski definition) is 4. The van der Waals surface area contributed by atoms with E-state index in [-0.39, 0.29) is 10.7 Å². The molecule has 2 fully saturated rings. The van der Waals surface area contributed by atoms with Crippen LogP contribution in [0.1, 0.15) is 108 Å². The van der Waals surface area contributed by atoms with E-state index in [1.165, 1.54) is 64.2 Å². The second-order valence-corrected chi connectivity index (χ2v) is 14.5. The zero-order chi connectivity index (χ0) is 24.7. The highest BCUT2D eigenvalue weighted by Crippen LogP contribution is 2.40. The summed E-state index contributed by atoms with van der Waals surface area (Å²) in [6.45, 7) is 8.23. The lowest BCUT2D eigenvalue weighted by Crippen LogP contribution is -2.31. The summed E-state index contributed by atoms with van der Waals surface area (Å²) in [5.41, 5.74) is 2.62. The summed E-state index contributed by atoms with van der Waals surface area (Å²) in [5.74, 6) is 0.357. The number of thioether (sulfide) groups is 2. The average Bonchev–Trinajstić information content (AvgIpc) is 2.79. The molecule has 3 rings (SSSR count). The molecule has 1 aromatic rings. The number of hydrogen-bond donors (Lipinski definition) is 2. The molecule has 1 aromatic carbocycles. The van der Waals surface area contributed by atoms with Crippen LogP contribution in [0.4, 0.5) is 0 Å². The number of carboxylic acid groups (broad SMARTS) is 1. The smallest absolute Gasteiger partial charge is 0.307 e. The third kappa shape index (κ3) is 8.11. The average molecular weight is 507 g/mol. The van der Waals surface area contributed by atoms with Gasteiger partial charge in [-0.3, -0.25) is 4.79 Å². The van der Waals surface area contributed by atoms with Gasteiger partial charge >= 0.3 is 5.97 Å². The van der Waals surface area contributed by atoms with E-state index in [4.69, 9.17) is 0 Å². The van der Waals surface area contributed by atoms with Gasteiger partial charge in [-0.15, -0.1) is 0 Å². The Labute approximate surface area is 216 Å². The molecular weight excluding hydrogens is 460 g/mol. The number of aliphatic carboxylic acids is 1. The number of phenolic OH excluding ortho intramolecular Hbond substituents is 1. The molecule has 192 valence electrons. The van der Waals surface area contributed by atoms with Crippen molar-refractivity contribution in [2.75, 3.05) is 5.75 Å². The SMILES string of the molecule is Cc1cc(CC(C(=O)O)C(CCSC2CCCCC2)SC2CCCCC2)cc(C(C)(C)C)c1O. The van der Waals surface area contributed by atoms with Crippen molar-refractivity contribution in [3.05, 3.63) is 28.8 Å². The van der Waals surface area contributed by atoms with Gasteiger partial charge in [0.15, 0.2) is 0 Å². The Balaban J connectivity index is 1.77. The number of phenols is 1. The Kier molecular flexibility index (Phi) is 10.6. The largest absolute Gasteiger partial charge is 0.507 e. The molecule has 34 heavy (non-hydrogen) atoms. The van der Waals surface area contributed by atoms with Crippen LogP contribution < -0.4 is 0 Å². The fraction of sp³-hybridized carbons (Fsp3) is 0.759. The van der Waals surface area contributed by atoms with Gasteiger partial charge in [-0.25, -0.2) is 0 Å². The normalized spacial score (nSPS) is 20.2. The van der Waals surface area contributed by atoms with Crippen LogP contribution in [0.15, 0.2) is 12.1 Å². The summed E-state index contributed by atoms with van der Waals surface area (Å²) >= 11 is 4.08. The predicted octanol–water partition coefficient (Wildman–Crippen LogP) is 8.13. The molecule has 0 amide bonds. The van der Waals surface area contributed by atoms with Gasteiger partial charge in [0, 0.05) is 15.7 Å². The zero-order valence-electron chi connectivity index (χ0n) is 21.8. The van der Waals surface area contributed by atoms with Gasteiger partial charge in [0.2, 0.25) is 0 Å². The lowest BCUT2D eigenvalue weighted by Gasteiger charge is -2.31. The molecular formula is C29H46O3S2. The summed E-state index contributed by atoms with van der Waals surface area (Å²) in [4.78, 5) is 12.6. The lowest BCUT2D eigenvalue weighted by atomic mass is 9.82. The molecule has 2 aliphatic carbocycles. The zero-order valence-corrected chi connectivity index (χ0v) is 23.4. The van der Waals surface area contributed by atoms with Gasteiger partial charge in [0.1, 0.15) is 5.75 Å². The Morgan fingerprint density at radius 3 is 2.15 bits per heavy atom. The van der Waals surface area contributed by atoms with Crippen LogP contribution in [0.2, 0.25) is 0 Å². The van der Waals surface area contributed by atoms with Gasteiger partial charge in [-0.1, -0.05) is 71.4 Å². The van der Waals surface area contributed by atoms with E-state index in [0.717, 1.165) is 34.1 Å². The molecule has 2 N–H and O–H groups in total. The van der Waals surface area contributed by atoms with E-state index in [9.17, 15) is 15.0 Å². The molecule has 0 radical (unpaired) electrons. The standard InChI is InChI=1S/C29H46O3S2/c1-20-17-21(19-25(27(20)30)29(2,3)4)18-24(28(31)32)26(34-23-13-9-6-10-14-23)15-16-33-22-11-7-5-8-12-22/h17,19,22-24,26,30H,5-16,18H2,1-4H3,(H,31,32). The highest BCUT2D eigenvalue weighted by Gasteiger charge is 2.32. The van der Waals surface area contributed by atoms with Crippen LogP contribution >= 0.6 is 23.5 Å². The predicted molar refractivity (Wildman–Crippen MR) is 149 cm³/mol. The first-order chi connectivity index (χ1) is 16.1. The summed E-state index contributed by atoms with van der Waals surface area (Å²) in [5, 5.41) is 22.5. The van der Waals surface area contributed by atoms with Crippen LogP contribution in [-0.2, 0) is 16.6 Å². The van der Waals surface area contributed by atoms with Crippen molar-refractivity contribution >= 4 is 29.5 Å². The summed E-state index contributed by atoms with van der Waals surface area (Å²) in [6.07, 6.45) is 14.6. The molecule has 2 saturated carbocycles. The highest BCUT2D eigenvalue weighted by atomic mass is 32.2. The maximum Gasteiger partial charge on any atom is 0.307 e. The van der Waals surface area contributed by atoms with Crippen molar-refractivity contribution in [1.29, 1.82) is 0 Å². The van der Waals surface area contributed by atoms with Crippen LogP contribution in [0.5, 0.6) is 5.75 Å². The summed E-state index contributed by atoms with van der Waals surface area (Å²) < 4.78 is 0. The fourth-order valence-electron chi connectivity index (χ4n) is 5.57. The molecule has 0 bridgehead atoms. The summed E-state index contributed by atoms with van der Waals surface area (Å²) in [7, 11) is 0. The first-order valence-electron chi connectivity index (χ1n) is 13.5. The van der Waals surface area contributed by atoms with Gasteiger partial charge in [0.05, 0.1) is 5.92 Å². The number of aryl methyl sites for hydroxylation is 1. The highest BCUT2D eigenvalue weighted by molar-refractivity contribution is 8.01. The molecule has 0 saturated heterocycles. The number of benzene rings is 1. The van der Waals surface area contributed by atoms with Crippen LogP contribution in [0.25, 0.3) is 0 Å². The van der Waals surface area contributed by atoms with E-state index in [1.807, 2.05) is 24.8 Å². The lowest BCUT2D eigenvalue weighted by molar-refractivity contribution is -0.141. The molecule has 2 atom stereocenters. The number of rotatable bonds is 10. The minimum Gasteiger partial charge on any atom is -0.507 e. The van der Waals surface area contributed by atoms with Crippen molar-refractivity contribution in [2.24, 2.45) is 5.92 Å². The molecule has 2 aliphatic rings. The van der Waals surface area contributed by atoms with E-state index in [2.05, 4.69) is 38.6 Å². The minimum absolute atomic E-state index is 0.142. The monoisotopic (exact) mass is 506 g/mol. The molecule has 0 aliphatic heterocycles. The minimum atomic E-state index is -0.668. The Bertz CT molecular complexity index is 789. The number of carboxylic acids is 1. The number of aromatic hydroxyl groups is 1. The van der Waals surface area contributed by atoms with Crippen molar-refractivity contribution in [3.8, 4) is 5.75 Å². The molecule has 2 unspecified atom stereocenters. The summed E-state index contributed by atoms with van der Waals surface area (Å²) in [6, 6.07) is 4.05. The topological polar surface area (TPSA) is 57.5 Å². The second kappa shape index (κ2) is 12.9. The number of carbonyl (C=O) groups is 1.